The first-order chi connectivity index (χ1) is 15.5. The molecule has 3 heterocycles. The van der Waals surface area contributed by atoms with E-state index in [2.05, 4.69) is 15.6 Å². The Morgan fingerprint density at radius 1 is 1.12 bits per heavy atom. The number of benzene rings is 2. The van der Waals surface area contributed by atoms with E-state index in [0.717, 1.165) is 34.3 Å². The van der Waals surface area contributed by atoms with Crippen LogP contribution in [0.15, 0.2) is 36.4 Å². The van der Waals surface area contributed by atoms with E-state index < -0.39 is 0 Å². The maximum absolute atomic E-state index is 12.9. The predicted octanol–water partition coefficient (Wildman–Crippen LogP) is 4.26. The third-order valence-corrected chi connectivity index (χ3v) is 6.56. The van der Waals surface area contributed by atoms with Crippen LogP contribution >= 0.6 is 11.3 Å². The van der Waals surface area contributed by atoms with E-state index in [-0.39, 0.29) is 17.9 Å². The van der Waals surface area contributed by atoms with Gasteiger partial charge in [-0.05, 0) is 37.5 Å². The number of hydrogen-bond donors (Lipinski definition) is 2. The van der Waals surface area contributed by atoms with Crippen LogP contribution in [0.3, 0.4) is 0 Å². The van der Waals surface area contributed by atoms with Gasteiger partial charge in [-0.15, -0.1) is 0 Å². The molecule has 5 rings (SSSR count). The Bertz CT molecular complexity index is 1140. The van der Waals surface area contributed by atoms with Gasteiger partial charge in [0.1, 0.15) is 13.2 Å². The molecule has 32 heavy (non-hydrogen) atoms. The minimum Gasteiger partial charge on any atom is -0.486 e. The predicted molar refractivity (Wildman–Crippen MR) is 124 cm³/mol. The van der Waals surface area contributed by atoms with Crippen molar-refractivity contribution < 1.29 is 19.1 Å². The van der Waals surface area contributed by atoms with Crippen LogP contribution < -0.4 is 20.1 Å². The lowest BCUT2D eigenvalue weighted by Gasteiger charge is -2.31. The number of carbonyl (C=O) groups is 2. The lowest BCUT2D eigenvalue weighted by Crippen LogP contribution is -2.45. The number of fused-ring (bicyclic) bond motifs is 2. The Balaban J connectivity index is 1.23. The number of aryl methyl sites for hydroxylation is 1. The summed E-state index contributed by atoms with van der Waals surface area (Å²) in [5, 5.41) is 6.40. The normalized spacial score (nSPS) is 17.8. The molecular formula is C23H24N4O4S. The van der Waals surface area contributed by atoms with Gasteiger partial charge < -0.3 is 25.0 Å². The molecule has 3 aromatic rings. The van der Waals surface area contributed by atoms with Crippen LogP contribution in [-0.2, 0) is 4.79 Å². The number of nitrogens with one attached hydrogen (secondary N) is 2. The van der Waals surface area contributed by atoms with E-state index in [1.807, 2.05) is 43.3 Å². The molecule has 0 radical (unpaired) electrons. The Kier molecular flexibility index (Phi) is 5.57. The first-order valence-corrected chi connectivity index (χ1v) is 11.5. The summed E-state index contributed by atoms with van der Waals surface area (Å²) in [7, 11) is 0. The molecule has 2 aliphatic rings. The Labute approximate surface area is 189 Å². The van der Waals surface area contributed by atoms with Crippen molar-refractivity contribution in [3.8, 4) is 11.5 Å². The summed E-state index contributed by atoms with van der Waals surface area (Å²) in [5.74, 6) is 0.982. The van der Waals surface area contributed by atoms with Gasteiger partial charge in [-0.3, -0.25) is 4.79 Å². The molecule has 0 spiro atoms. The molecule has 8 nitrogen and oxygen atoms in total. The average molecular weight is 453 g/mol. The molecular weight excluding hydrogens is 428 g/mol. The number of piperidine rings is 1. The van der Waals surface area contributed by atoms with E-state index in [0.29, 0.717) is 42.9 Å². The molecule has 9 heteroatoms. The fourth-order valence-electron chi connectivity index (χ4n) is 4.03. The van der Waals surface area contributed by atoms with Crippen LogP contribution in [0.4, 0.5) is 15.6 Å². The van der Waals surface area contributed by atoms with Gasteiger partial charge in [-0.25, -0.2) is 9.78 Å². The van der Waals surface area contributed by atoms with Crippen LogP contribution in [0.25, 0.3) is 10.2 Å². The second-order valence-corrected chi connectivity index (χ2v) is 9.09. The number of thiazole rings is 1. The largest absolute Gasteiger partial charge is 0.486 e. The van der Waals surface area contributed by atoms with Gasteiger partial charge in [-0.1, -0.05) is 23.5 Å². The maximum atomic E-state index is 12.9. The summed E-state index contributed by atoms with van der Waals surface area (Å²) in [5.41, 5.74) is 2.59. The number of ether oxygens (including phenoxy) is 2. The highest BCUT2D eigenvalue weighted by molar-refractivity contribution is 7.22. The molecule has 3 amide bonds. The van der Waals surface area contributed by atoms with Gasteiger partial charge in [0.05, 0.1) is 16.1 Å². The summed E-state index contributed by atoms with van der Waals surface area (Å²) < 4.78 is 12.2. The van der Waals surface area contributed by atoms with Crippen LogP contribution in [0.2, 0.25) is 0 Å². The third kappa shape index (κ3) is 4.34. The van der Waals surface area contributed by atoms with Gasteiger partial charge >= 0.3 is 6.03 Å². The van der Waals surface area contributed by atoms with Crippen molar-refractivity contribution in [1.29, 1.82) is 0 Å². The molecule has 0 aliphatic carbocycles. The molecule has 1 aromatic heterocycles. The zero-order valence-electron chi connectivity index (χ0n) is 17.7. The number of urea groups is 1. The minimum atomic E-state index is -0.279. The molecule has 1 atom stereocenters. The molecule has 0 bridgehead atoms. The first-order valence-electron chi connectivity index (χ1n) is 10.7. The van der Waals surface area contributed by atoms with Crippen molar-refractivity contribution in [2.45, 2.75) is 19.8 Å². The van der Waals surface area contributed by atoms with E-state index in [1.165, 1.54) is 11.3 Å². The number of hydrogen-bond acceptors (Lipinski definition) is 6. The van der Waals surface area contributed by atoms with Crippen LogP contribution in [-0.4, -0.2) is 48.1 Å². The Hall–Kier alpha value is -3.33. The molecule has 1 unspecified atom stereocenters. The average Bonchev–Trinajstić information content (AvgIpc) is 3.18. The topological polar surface area (TPSA) is 92.8 Å². The molecule has 0 saturated carbocycles. The second kappa shape index (κ2) is 8.66. The number of aromatic nitrogens is 1. The van der Waals surface area contributed by atoms with Crippen molar-refractivity contribution >= 4 is 44.3 Å². The second-order valence-electron chi connectivity index (χ2n) is 8.06. The van der Waals surface area contributed by atoms with Crippen molar-refractivity contribution in [3.63, 3.8) is 0 Å². The Morgan fingerprint density at radius 2 is 1.94 bits per heavy atom. The number of rotatable bonds is 3. The highest BCUT2D eigenvalue weighted by Gasteiger charge is 2.29. The van der Waals surface area contributed by atoms with Gasteiger partial charge in [0, 0.05) is 30.9 Å². The van der Waals surface area contributed by atoms with Crippen LogP contribution in [0.5, 0.6) is 11.5 Å². The SMILES string of the molecule is Cc1cccc(NC(=O)N2CCCC(C(=O)Nc3nc4cc5c(cc4s3)OCCO5)C2)c1. The highest BCUT2D eigenvalue weighted by Crippen LogP contribution is 2.38. The summed E-state index contributed by atoms with van der Waals surface area (Å²) >= 11 is 1.40. The summed E-state index contributed by atoms with van der Waals surface area (Å²) in [4.78, 5) is 31.9. The Morgan fingerprint density at radius 3 is 2.75 bits per heavy atom. The maximum Gasteiger partial charge on any atom is 0.321 e. The van der Waals surface area contributed by atoms with E-state index in [9.17, 15) is 9.59 Å². The van der Waals surface area contributed by atoms with E-state index in [1.54, 1.807) is 4.90 Å². The minimum absolute atomic E-state index is 0.116. The zero-order chi connectivity index (χ0) is 22.1. The lowest BCUT2D eigenvalue weighted by atomic mass is 9.97. The number of anilines is 2. The van der Waals surface area contributed by atoms with Gasteiger partial charge in [0.2, 0.25) is 5.91 Å². The molecule has 166 valence electrons. The number of carbonyl (C=O) groups excluding carboxylic acids is 2. The van der Waals surface area contributed by atoms with Crippen molar-refractivity contribution in [3.05, 3.63) is 42.0 Å². The monoisotopic (exact) mass is 452 g/mol. The van der Waals surface area contributed by atoms with Crippen molar-refractivity contribution in [1.82, 2.24) is 9.88 Å². The fourth-order valence-corrected chi connectivity index (χ4v) is 4.91. The van der Waals surface area contributed by atoms with E-state index >= 15 is 0 Å². The number of likely N-dealkylation sites (tertiary alicyclic amines) is 1. The molecule has 2 N–H and O–H groups in total. The summed E-state index contributed by atoms with van der Waals surface area (Å²) in [6, 6.07) is 11.2. The summed E-state index contributed by atoms with van der Waals surface area (Å²) in [6.45, 7) is 4.03. The molecule has 2 aliphatic heterocycles. The van der Waals surface area contributed by atoms with Gasteiger partial charge in [0.25, 0.3) is 0 Å². The third-order valence-electron chi connectivity index (χ3n) is 5.63. The van der Waals surface area contributed by atoms with Crippen molar-refractivity contribution in [2.75, 3.05) is 36.9 Å². The fraction of sp³-hybridized carbons (Fsp3) is 0.348. The quantitative estimate of drug-likeness (QED) is 0.620. The highest BCUT2D eigenvalue weighted by atomic mass is 32.1. The first kappa shape index (κ1) is 20.6. The smallest absolute Gasteiger partial charge is 0.321 e. The zero-order valence-corrected chi connectivity index (χ0v) is 18.5. The number of amides is 3. The lowest BCUT2D eigenvalue weighted by molar-refractivity contribution is -0.121. The van der Waals surface area contributed by atoms with Gasteiger partial charge in [-0.2, -0.15) is 0 Å². The van der Waals surface area contributed by atoms with Crippen molar-refractivity contribution in [2.24, 2.45) is 5.92 Å². The van der Waals surface area contributed by atoms with Crippen LogP contribution in [0.1, 0.15) is 18.4 Å². The molecule has 1 saturated heterocycles. The molecule has 2 aromatic carbocycles. The molecule has 1 fully saturated rings. The van der Waals surface area contributed by atoms with E-state index in [4.69, 9.17) is 9.47 Å². The summed E-state index contributed by atoms with van der Waals surface area (Å²) in [6.07, 6.45) is 1.52. The van der Waals surface area contributed by atoms with Crippen LogP contribution in [0, 0.1) is 12.8 Å². The van der Waals surface area contributed by atoms with Gasteiger partial charge in [0.15, 0.2) is 16.6 Å². The number of nitrogens with zero attached hydrogens (tertiary/aromatic N) is 2. The standard InChI is InChI=1S/C23H24N4O4S/c1-14-4-2-6-16(10-14)24-23(29)27-7-3-5-15(13-27)21(28)26-22-25-17-11-18-19(12-20(17)32-22)31-9-8-30-18/h2,4,6,10-12,15H,3,5,7-9,13H2,1H3,(H,24,29)(H,25,26,28).